The summed E-state index contributed by atoms with van der Waals surface area (Å²) in [6.45, 7) is -1.45. The van der Waals surface area contributed by atoms with Gasteiger partial charge in [-0.05, 0) is 0 Å². The van der Waals surface area contributed by atoms with Gasteiger partial charge in [-0.15, -0.1) is 0 Å². The van der Waals surface area contributed by atoms with Crippen molar-refractivity contribution in [3.8, 4) is 0 Å². The van der Waals surface area contributed by atoms with Gasteiger partial charge >= 0.3 is 23.1 Å². The maximum atomic E-state index is 8.96. The number of hydrogen-bond acceptors (Lipinski definition) is 6. The molecule has 6 N–H and O–H groups in total. The van der Waals surface area contributed by atoms with Crippen molar-refractivity contribution >= 4 is 23.1 Å². The standard InChI is InChI=1S/C6H14O6.Mg.2H/c7-1-3(9)5(11)6(12)4(10)2-8;;;/h3-12H,1-2H2;;;. The van der Waals surface area contributed by atoms with E-state index in [0.717, 1.165) is 0 Å². The van der Waals surface area contributed by atoms with Crippen LogP contribution in [0, 0.1) is 0 Å². The normalized spacial score (nSPS) is 19.8. The van der Waals surface area contributed by atoms with Gasteiger partial charge in [0.15, 0.2) is 0 Å². The first kappa shape index (κ1) is 16.0. The predicted molar refractivity (Wildman–Crippen MR) is 46.7 cm³/mol. The average Bonchev–Trinajstić information content (AvgIpc) is 2.12. The molecule has 0 radical (unpaired) electrons. The minimum atomic E-state index is -1.67. The second kappa shape index (κ2) is 7.89. The van der Waals surface area contributed by atoms with Gasteiger partial charge in [-0.3, -0.25) is 0 Å². The Balaban J connectivity index is 0. The predicted octanol–water partition coefficient (Wildman–Crippen LogP) is -4.50. The molecule has 13 heavy (non-hydrogen) atoms. The molecule has 0 aliphatic heterocycles. The van der Waals surface area contributed by atoms with Gasteiger partial charge in [0.25, 0.3) is 0 Å². The third-order valence-corrected chi connectivity index (χ3v) is 1.51. The van der Waals surface area contributed by atoms with Gasteiger partial charge in [-0.1, -0.05) is 0 Å². The highest BCUT2D eigenvalue weighted by atomic mass is 24.3. The molecule has 0 aliphatic carbocycles. The van der Waals surface area contributed by atoms with Crippen LogP contribution in [0.15, 0.2) is 0 Å². The van der Waals surface area contributed by atoms with Crippen molar-refractivity contribution in [1.82, 2.24) is 0 Å². The van der Waals surface area contributed by atoms with Crippen LogP contribution in [0.25, 0.3) is 0 Å². The van der Waals surface area contributed by atoms with Crippen LogP contribution in [-0.2, 0) is 0 Å². The van der Waals surface area contributed by atoms with E-state index in [4.69, 9.17) is 30.6 Å². The first-order chi connectivity index (χ1) is 5.54. The molecule has 0 aliphatic rings. The molecule has 4 unspecified atom stereocenters. The fraction of sp³-hybridized carbons (Fsp3) is 1.00. The molecule has 0 aromatic heterocycles. The van der Waals surface area contributed by atoms with Crippen LogP contribution in [0.4, 0.5) is 0 Å². The Morgan fingerprint density at radius 3 is 1.08 bits per heavy atom. The summed E-state index contributed by atoms with van der Waals surface area (Å²) in [5.74, 6) is 0. The van der Waals surface area contributed by atoms with E-state index in [0.29, 0.717) is 0 Å². The monoisotopic (exact) mass is 208 g/mol. The van der Waals surface area contributed by atoms with Crippen molar-refractivity contribution in [2.75, 3.05) is 13.2 Å². The highest BCUT2D eigenvalue weighted by Crippen LogP contribution is 2.03. The summed E-state index contributed by atoms with van der Waals surface area (Å²) in [6.07, 6.45) is -6.39. The van der Waals surface area contributed by atoms with Gasteiger partial charge in [0, 0.05) is 0 Å². The molecule has 0 fully saturated rings. The summed E-state index contributed by atoms with van der Waals surface area (Å²) in [5.41, 5.74) is 0. The van der Waals surface area contributed by atoms with Crippen LogP contribution in [0.2, 0.25) is 0 Å². The Morgan fingerprint density at radius 2 is 0.923 bits per heavy atom. The Kier molecular flexibility index (Phi) is 9.69. The molecule has 0 saturated carbocycles. The Hall–Kier alpha value is 0.526. The largest absolute Gasteiger partial charge is 0.394 e. The highest BCUT2D eigenvalue weighted by Gasteiger charge is 2.29. The lowest BCUT2D eigenvalue weighted by atomic mass is 10.0. The number of rotatable bonds is 5. The zero-order valence-electron chi connectivity index (χ0n) is 6.41. The van der Waals surface area contributed by atoms with E-state index >= 15 is 0 Å². The molecule has 4 atom stereocenters. The summed E-state index contributed by atoms with van der Waals surface area (Å²) < 4.78 is 0. The number of hydrogen-bond donors (Lipinski definition) is 6. The summed E-state index contributed by atoms with van der Waals surface area (Å²) >= 11 is 0. The maximum absolute atomic E-state index is 8.96. The molecule has 0 saturated heterocycles. The minimum Gasteiger partial charge on any atom is -0.394 e. The molecule has 0 bridgehead atoms. The Morgan fingerprint density at radius 1 is 0.692 bits per heavy atom. The van der Waals surface area contributed by atoms with Gasteiger partial charge in [-0.25, -0.2) is 0 Å². The smallest absolute Gasteiger partial charge is 0.316 e. The van der Waals surface area contributed by atoms with Crippen LogP contribution < -0.4 is 0 Å². The van der Waals surface area contributed by atoms with E-state index in [2.05, 4.69) is 0 Å². The van der Waals surface area contributed by atoms with Crippen molar-refractivity contribution in [1.29, 1.82) is 0 Å². The summed E-state index contributed by atoms with van der Waals surface area (Å²) in [5, 5.41) is 52.2. The average molecular weight is 208 g/mol. The van der Waals surface area contributed by atoms with Gasteiger partial charge in [0.2, 0.25) is 0 Å². The van der Waals surface area contributed by atoms with Crippen LogP contribution >= 0.6 is 0 Å². The lowest BCUT2D eigenvalue weighted by molar-refractivity contribution is -0.123. The molecule has 0 aromatic carbocycles. The van der Waals surface area contributed by atoms with E-state index in [1.807, 2.05) is 0 Å². The van der Waals surface area contributed by atoms with Gasteiger partial charge < -0.3 is 30.6 Å². The molecule has 0 rings (SSSR count). The molecule has 7 heteroatoms. The fourth-order valence-corrected chi connectivity index (χ4v) is 0.671. The Bertz CT molecular complexity index is 110. The number of aliphatic hydroxyl groups is 6. The van der Waals surface area contributed by atoms with Gasteiger partial charge in [0.1, 0.15) is 24.4 Å². The summed E-state index contributed by atoms with van der Waals surface area (Å²) in [4.78, 5) is 0. The summed E-state index contributed by atoms with van der Waals surface area (Å²) in [6, 6.07) is 0. The lowest BCUT2D eigenvalue weighted by Gasteiger charge is -2.24. The SMILES string of the molecule is OCC(O)C(O)C(O)C(O)CO.[MgH2]. The zero-order valence-corrected chi connectivity index (χ0v) is 6.41. The number of aliphatic hydroxyl groups excluding tert-OH is 6. The van der Waals surface area contributed by atoms with Crippen LogP contribution in [0.5, 0.6) is 0 Å². The maximum Gasteiger partial charge on any atom is 0.316 e. The van der Waals surface area contributed by atoms with Gasteiger partial charge in [-0.2, -0.15) is 0 Å². The van der Waals surface area contributed by atoms with Crippen LogP contribution in [0.3, 0.4) is 0 Å². The first-order valence-electron chi connectivity index (χ1n) is 3.48. The first-order valence-corrected chi connectivity index (χ1v) is 3.48. The summed E-state index contributed by atoms with van der Waals surface area (Å²) in [7, 11) is 0. The molecule has 0 amide bonds. The third-order valence-electron chi connectivity index (χ3n) is 1.51. The second-order valence-electron chi connectivity index (χ2n) is 2.48. The zero-order chi connectivity index (χ0) is 9.72. The third kappa shape index (κ3) is 5.08. The van der Waals surface area contributed by atoms with Crippen LogP contribution in [0.1, 0.15) is 0 Å². The van der Waals surface area contributed by atoms with Crippen molar-refractivity contribution in [3.05, 3.63) is 0 Å². The van der Waals surface area contributed by atoms with Crippen molar-refractivity contribution < 1.29 is 30.6 Å². The molecule has 78 valence electrons. The van der Waals surface area contributed by atoms with Gasteiger partial charge in [0.05, 0.1) is 13.2 Å². The van der Waals surface area contributed by atoms with E-state index < -0.39 is 37.6 Å². The molecular formula is C6H16MgO6. The lowest BCUT2D eigenvalue weighted by Crippen LogP contribution is -2.46. The van der Waals surface area contributed by atoms with E-state index in [9.17, 15) is 0 Å². The van der Waals surface area contributed by atoms with Crippen molar-refractivity contribution in [2.24, 2.45) is 0 Å². The van der Waals surface area contributed by atoms with E-state index in [-0.39, 0.29) is 23.1 Å². The highest BCUT2D eigenvalue weighted by molar-refractivity contribution is 5.75. The second-order valence-corrected chi connectivity index (χ2v) is 2.48. The van der Waals surface area contributed by atoms with E-state index in [1.165, 1.54) is 0 Å². The molecule has 0 spiro atoms. The molecule has 0 aromatic rings. The minimum absolute atomic E-state index is 0. The fourth-order valence-electron chi connectivity index (χ4n) is 0.671. The van der Waals surface area contributed by atoms with Crippen molar-refractivity contribution in [2.45, 2.75) is 24.4 Å². The van der Waals surface area contributed by atoms with Crippen LogP contribution in [-0.4, -0.2) is 91.3 Å². The Labute approximate surface area is 91.6 Å². The molecule has 0 heterocycles. The molecular weight excluding hydrogens is 192 g/mol. The van der Waals surface area contributed by atoms with E-state index in [1.54, 1.807) is 0 Å². The van der Waals surface area contributed by atoms with Crippen molar-refractivity contribution in [3.63, 3.8) is 0 Å². The topological polar surface area (TPSA) is 121 Å². The quantitative estimate of drug-likeness (QED) is 0.253. The molecule has 6 nitrogen and oxygen atoms in total.